The second kappa shape index (κ2) is 7.44. The summed E-state index contributed by atoms with van der Waals surface area (Å²) in [4.78, 5) is 16.3. The quantitative estimate of drug-likeness (QED) is 0.551. The molecule has 5 N–H and O–H groups in total. The Morgan fingerprint density at radius 1 is 1.48 bits per heavy atom. The summed E-state index contributed by atoms with van der Waals surface area (Å²) in [5, 5.41) is 16.0. The van der Waals surface area contributed by atoms with Gasteiger partial charge in [-0.05, 0) is 24.1 Å². The fourth-order valence-electron chi connectivity index (χ4n) is 4.19. The largest absolute Gasteiger partial charge is 0.477 e. The fourth-order valence-corrected chi connectivity index (χ4v) is 5.61. The second-order valence-corrected chi connectivity index (χ2v) is 14.5. The van der Waals surface area contributed by atoms with Crippen LogP contribution in [0.2, 0.25) is 18.1 Å². The predicted molar refractivity (Wildman–Crippen MR) is 115 cm³/mol. The molecular formula is C20H34N4O4Si. The normalized spacial score (nSPS) is 27.2. The van der Waals surface area contributed by atoms with Gasteiger partial charge in [-0.3, -0.25) is 0 Å². The van der Waals surface area contributed by atoms with E-state index in [1.807, 2.05) is 0 Å². The summed E-state index contributed by atoms with van der Waals surface area (Å²) in [7, 11) is -2.20. The molecule has 0 bridgehead atoms. The van der Waals surface area contributed by atoms with Crippen LogP contribution >= 0.6 is 0 Å². The number of hydrogen-bond donors (Lipinski definition) is 4. The van der Waals surface area contributed by atoms with Crippen LogP contribution in [-0.2, 0) is 16.4 Å². The molecule has 2 aliphatic rings. The number of rotatable bonds is 4. The molecular weight excluding hydrogens is 388 g/mol. The molecule has 8 nitrogen and oxygen atoms in total. The van der Waals surface area contributed by atoms with Gasteiger partial charge < -0.3 is 30.6 Å². The molecule has 3 atom stereocenters. The van der Waals surface area contributed by atoms with Crippen LogP contribution < -0.4 is 21.1 Å². The molecule has 2 aliphatic heterocycles. The van der Waals surface area contributed by atoms with E-state index in [1.54, 1.807) is 6.20 Å². The molecule has 162 valence electrons. The summed E-state index contributed by atoms with van der Waals surface area (Å²) in [6.45, 7) is 14.7. The SMILES string of the molecule is C[C@H]1CNC[C@](NC(=O)O)(c2c(N)cnc3c2CCO3)[C@@H]1O[Si](C)(C)C(C)(C)C. The van der Waals surface area contributed by atoms with E-state index in [4.69, 9.17) is 14.9 Å². The van der Waals surface area contributed by atoms with E-state index in [1.165, 1.54) is 0 Å². The predicted octanol–water partition coefficient (Wildman–Crippen LogP) is 2.69. The Morgan fingerprint density at radius 2 is 2.17 bits per heavy atom. The number of carbonyl (C=O) groups is 1. The van der Waals surface area contributed by atoms with Crippen molar-refractivity contribution >= 4 is 20.1 Å². The number of fused-ring (bicyclic) bond motifs is 1. The van der Waals surface area contributed by atoms with Gasteiger partial charge in [-0.25, -0.2) is 9.78 Å². The summed E-state index contributed by atoms with van der Waals surface area (Å²) in [6, 6.07) is 0. The highest BCUT2D eigenvalue weighted by atomic mass is 28.4. The third-order valence-corrected chi connectivity index (χ3v) is 11.1. The summed E-state index contributed by atoms with van der Waals surface area (Å²) >= 11 is 0. The Kier molecular flexibility index (Phi) is 5.61. The molecule has 0 aromatic carbocycles. The highest BCUT2D eigenvalue weighted by Gasteiger charge is 2.53. The van der Waals surface area contributed by atoms with Crippen molar-refractivity contribution in [2.75, 3.05) is 25.4 Å². The van der Waals surface area contributed by atoms with E-state index in [0.717, 1.165) is 17.7 Å². The number of amides is 1. The maximum absolute atomic E-state index is 12.0. The Morgan fingerprint density at radius 3 is 2.79 bits per heavy atom. The van der Waals surface area contributed by atoms with Crippen LogP contribution in [-0.4, -0.2) is 50.3 Å². The highest BCUT2D eigenvalue weighted by Crippen LogP contribution is 2.46. The number of carboxylic acid groups (broad SMARTS) is 1. The van der Waals surface area contributed by atoms with Crippen molar-refractivity contribution in [3.63, 3.8) is 0 Å². The van der Waals surface area contributed by atoms with Crippen LogP contribution in [0.1, 0.15) is 38.8 Å². The Balaban J connectivity index is 2.20. The van der Waals surface area contributed by atoms with E-state index in [0.29, 0.717) is 31.1 Å². The van der Waals surface area contributed by atoms with Gasteiger partial charge in [-0.15, -0.1) is 0 Å². The zero-order valence-electron chi connectivity index (χ0n) is 18.3. The average Bonchev–Trinajstić information content (AvgIpc) is 3.04. The van der Waals surface area contributed by atoms with Gasteiger partial charge in [-0.1, -0.05) is 27.7 Å². The van der Waals surface area contributed by atoms with Gasteiger partial charge >= 0.3 is 6.09 Å². The lowest BCUT2D eigenvalue weighted by atomic mass is 9.74. The van der Waals surface area contributed by atoms with E-state index >= 15 is 0 Å². The molecule has 3 rings (SSSR count). The first-order valence-corrected chi connectivity index (χ1v) is 13.1. The fraction of sp³-hybridized carbons (Fsp3) is 0.700. The smallest absolute Gasteiger partial charge is 0.405 e. The number of hydrogen-bond acceptors (Lipinski definition) is 6. The lowest BCUT2D eigenvalue weighted by Crippen LogP contribution is -2.68. The minimum absolute atomic E-state index is 0.0125. The molecule has 0 saturated carbocycles. The van der Waals surface area contributed by atoms with Crippen molar-refractivity contribution < 1.29 is 19.1 Å². The molecule has 0 aliphatic carbocycles. The first kappa shape index (κ1) is 21.9. The first-order chi connectivity index (χ1) is 13.4. The molecule has 0 spiro atoms. The van der Waals surface area contributed by atoms with Crippen molar-refractivity contribution in [1.82, 2.24) is 15.6 Å². The number of nitrogens with one attached hydrogen (secondary N) is 2. The van der Waals surface area contributed by atoms with Crippen LogP contribution in [0.3, 0.4) is 0 Å². The minimum atomic E-state index is -2.20. The summed E-state index contributed by atoms with van der Waals surface area (Å²) < 4.78 is 12.6. The van der Waals surface area contributed by atoms with Crippen LogP contribution in [0.25, 0.3) is 0 Å². The van der Waals surface area contributed by atoms with Crippen LogP contribution in [0.15, 0.2) is 6.20 Å². The van der Waals surface area contributed by atoms with E-state index < -0.39 is 19.9 Å². The molecule has 0 radical (unpaired) electrons. The van der Waals surface area contributed by atoms with Gasteiger partial charge in [0.05, 0.1) is 24.6 Å². The maximum atomic E-state index is 12.0. The standard InChI is InChI=1S/C20H34N4O4Si/c1-12-9-22-11-20(24-18(25)26,16(12)28-29(5,6)19(2,3)4)15-13-7-8-27-17(13)23-10-14(15)21/h10,12,16,22,24H,7-9,11,21H2,1-6H3,(H,25,26)/t12-,16+,20-/m0/s1. The lowest BCUT2D eigenvalue weighted by molar-refractivity contribution is 0.00458. The van der Waals surface area contributed by atoms with Gasteiger partial charge in [-0.2, -0.15) is 0 Å². The summed E-state index contributed by atoms with van der Waals surface area (Å²) in [5.74, 6) is 0.611. The summed E-state index contributed by atoms with van der Waals surface area (Å²) in [6.07, 6.45) is 0.740. The van der Waals surface area contributed by atoms with Gasteiger partial charge in [0.15, 0.2) is 8.32 Å². The third kappa shape index (κ3) is 3.83. The van der Waals surface area contributed by atoms with E-state index in [9.17, 15) is 9.90 Å². The van der Waals surface area contributed by atoms with Crippen molar-refractivity contribution in [2.45, 2.75) is 63.9 Å². The van der Waals surface area contributed by atoms with Gasteiger partial charge in [0.25, 0.3) is 0 Å². The molecule has 1 fully saturated rings. The molecule has 3 heterocycles. The first-order valence-electron chi connectivity index (χ1n) is 10.2. The van der Waals surface area contributed by atoms with Gasteiger partial charge in [0, 0.05) is 30.6 Å². The molecule has 29 heavy (non-hydrogen) atoms. The van der Waals surface area contributed by atoms with E-state index in [-0.39, 0.29) is 17.1 Å². The topological polar surface area (TPSA) is 119 Å². The Hall–Kier alpha value is -1.84. The average molecular weight is 423 g/mol. The highest BCUT2D eigenvalue weighted by molar-refractivity contribution is 6.74. The van der Waals surface area contributed by atoms with Gasteiger partial charge in [0.2, 0.25) is 5.88 Å². The monoisotopic (exact) mass is 422 g/mol. The third-order valence-electron chi connectivity index (χ3n) is 6.64. The minimum Gasteiger partial charge on any atom is -0.477 e. The molecule has 0 unspecified atom stereocenters. The molecule has 1 aromatic rings. The van der Waals surface area contributed by atoms with Crippen molar-refractivity contribution in [2.24, 2.45) is 5.92 Å². The number of nitrogens with two attached hydrogens (primary N) is 1. The van der Waals surface area contributed by atoms with Crippen LogP contribution in [0, 0.1) is 5.92 Å². The number of ether oxygens (including phenoxy) is 1. The molecule has 9 heteroatoms. The zero-order chi connectivity index (χ0) is 21.6. The van der Waals surface area contributed by atoms with E-state index in [2.05, 4.69) is 56.4 Å². The number of pyridine rings is 1. The number of aromatic nitrogens is 1. The second-order valence-electron chi connectivity index (χ2n) is 9.78. The molecule has 1 saturated heterocycles. The molecule has 1 amide bonds. The Bertz CT molecular complexity index is 795. The number of piperidine rings is 1. The van der Waals surface area contributed by atoms with Crippen LogP contribution in [0.5, 0.6) is 5.88 Å². The number of nitrogen functional groups attached to an aromatic ring is 1. The van der Waals surface area contributed by atoms with Gasteiger partial charge in [0.1, 0.15) is 5.54 Å². The summed E-state index contributed by atoms with van der Waals surface area (Å²) in [5.41, 5.74) is 7.47. The van der Waals surface area contributed by atoms with Crippen LogP contribution in [0.4, 0.5) is 10.5 Å². The number of nitrogens with zero attached hydrogens (tertiary/aromatic N) is 1. The van der Waals surface area contributed by atoms with Crippen molar-refractivity contribution in [3.8, 4) is 5.88 Å². The lowest BCUT2D eigenvalue weighted by Gasteiger charge is -2.52. The Labute approximate surface area is 173 Å². The zero-order valence-corrected chi connectivity index (χ0v) is 19.3. The van der Waals surface area contributed by atoms with Crippen molar-refractivity contribution in [1.29, 1.82) is 0 Å². The maximum Gasteiger partial charge on any atom is 0.405 e. The van der Waals surface area contributed by atoms with Crippen molar-refractivity contribution in [3.05, 3.63) is 17.3 Å². The number of anilines is 1. The molecule has 1 aromatic heterocycles.